The lowest BCUT2D eigenvalue weighted by Gasteiger charge is -2.09. The first-order valence-electron chi connectivity index (χ1n) is 7.92. The van der Waals surface area contributed by atoms with Crippen molar-refractivity contribution in [3.8, 4) is 5.69 Å². The third kappa shape index (κ3) is 2.83. The zero-order valence-electron chi connectivity index (χ0n) is 14.4. The summed E-state index contributed by atoms with van der Waals surface area (Å²) < 4.78 is 2.06. The molecule has 0 saturated carbocycles. The van der Waals surface area contributed by atoms with Gasteiger partial charge in [0.15, 0.2) is 0 Å². The molecule has 3 aromatic heterocycles. The first-order chi connectivity index (χ1) is 12.0. The van der Waals surface area contributed by atoms with E-state index in [0.717, 1.165) is 31.9 Å². The Bertz CT molecular complexity index is 1060. The van der Waals surface area contributed by atoms with Crippen LogP contribution < -0.4 is 0 Å². The van der Waals surface area contributed by atoms with Crippen molar-refractivity contribution in [2.45, 2.75) is 37.9 Å². The van der Waals surface area contributed by atoms with Crippen LogP contribution in [0.15, 0.2) is 40.8 Å². The topological polar surface area (TPSA) is 56.5 Å². The minimum atomic E-state index is 0.810. The Balaban J connectivity index is 1.82. The van der Waals surface area contributed by atoms with Crippen LogP contribution in [0, 0.1) is 27.7 Å². The predicted octanol–water partition coefficient (Wildman–Crippen LogP) is 4.66. The highest BCUT2D eigenvalue weighted by Crippen LogP contribution is 2.37. The standard InChI is InChI=1S/C18H17N5S2/c1-10-5-7-14(8-6-10)23-13(4)21-22-18(23)25-17-15-11(2)12(3)24-16(15)19-9-20-17/h5-9H,1-4H3. The lowest BCUT2D eigenvalue weighted by Crippen LogP contribution is -1.99. The van der Waals surface area contributed by atoms with Crippen LogP contribution in [-0.2, 0) is 0 Å². The third-order valence-electron chi connectivity index (χ3n) is 4.21. The summed E-state index contributed by atoms with van der Waals surface area (Å²) in [5, 5.41) is 11.5. The summed E-state index contributed by atoms with van der Waals surface area (Å²) >= 11 is 3.24. The highest BCUT2D eigenvalue weighted by Gasteiger charge is 2.17. The molecule has 0 spiro atoms. The molecule has 0 aliphatic heterocycles. The molecular weight excluding hydrogens is 350 g/mol. The van der Waals surface area contributed by atoms with Gasteiger partial charge in [0, 0.05) is 16.0 Å². The van der Waals surface area contributed by atoms with Gasteiger partial charge in [-0.2, -0.15) is 0 Å². The van der Waals surface area contributed by atoms with E-state index >= 15 is 0 Å². The maximum absolute atomic E-state index is 4.51. The smallest absolute Gasteiger partial charge is 0.202 e. The lowest BCUT2D eigenvalue weighted by atomic mass is 10.2. The molecule has 0 aliphatic rings. The molecule has 0 amide bonds. The van der Waals surface area contributed by atoms with Gasteiger partial charge in [0.05, 0.1) is 0 Å². The van der Waals surface area contributed by atoms with E-state index in [0.29, 0.717) is 0 Å². The second kappa shape index (κ2) is 6.24. The molecular formula is C18H17N5S2. The first-order valence-corrected chi connectivity index (χ1v) is 9.55. The number of thiophene rings is 1. The highest BCUT2D eigenvalue weighted by molar-refractivity contribution is 7.99. The van der Waals surface area contributed by atoms with Crippen LogP contribution in [0.3, 0.4) is 0 Å². The molecule has 7 heteroatoms. The number of fused-ring (bicyclic) bond motifs is 1. The maximum Gasteiger partial charge on any atom is 0.202 e. The lowest BCUT2D eigenvalue weighted by molar-refractivity contribution is 0.866. The number of aryl methyl sites for hydroxylation is 4. The van der Waals surface area contributed by atoms with Gasteiger partial charge >= 0.3 is 0 Å². The quantitative estimate of drug-likeness (QED) is 0.493. The largest absolute Gasteiger partial charge is 0.274 e. The van der Waals surface area contributed by atoms with E-state index in [1.807, 2.05) is 6.92 Å². The molecule has 25 heavy (non-hydrogen) atoms. The van der Waals surface area contributed by atoms with Crippen molar-refractivity contribution in [3.63, 3.8) is 0 Å². The zero-order chi connectivity index (χ0) is 17.6. The highest BCUT2D eigenvalue weighted by atomic mass is 32.2. The van der Waals surface area contributed by atoms with Crippen LogP contribution >= 0.6 is 23.1 Å². The van der Waals surface area contributed by atoms with Gasteiger partial charge in [0.25, 0.3) is 0 Å². The van der Waals surface area contributed by atoms with Crippen molar-refractivity contribution < 1.29 is 0 Å². The van der Waals surface area contributed by atoms with Gasteiger partial charge in [-0.1, -0.05) is 17.7 Å². The summed E-state index contributed by atoms with van der Waals surface area (Å²) in [6, 6.07) is 8.37. The molecule has 0 fully saturated rings. The molecule has 3 heterocycles. The molecule has 0 saturated heterocycles. The molecule has 0 atom stereocenters. The molecule has 5 nitrogen and oxygen atoms in total. The van der Waals surface area contributed by atoms with Crippen molar-refractivity contribution >= 4 is 33.3 Å². The Labute approximate surface area is 154 Å². The summed E-state index contributed by atoms with van der Waals surface area (Å²) in [5.74, 6) is 0.856. The molecule has 4 rings (SSSR count). The van der Waals surface area contributed by atoms with Crippen LogP contribution in [-0.4, -0.2) is 24.7 Å². The number of hydrogen-bond acceptors (Lipinski definition) is 6. The summed E-state index contributed by atoms with van der Waals surface area (Å²) in [4.78, 5) is 11.2. The van der Waals surface area contributed by atoms with Gasteiger partial charge in [0.1, 0.15) is 22.0 Å². The minimum absolute atomic E-state index is 0.810. The molecule has 1 aromatic carbocycles. The van der Waals surface area contributed by atoms with E-state index in [1.165, 1.54) is 27.8 Å². The fraction of sp³-hybridized carbons (Fsp3) is 0.222. The number of hydrogen-bond donors (Lipinski definition) is 0. The predicted molar refractivity (Wildman–Crippen MR) is 102 cm³/mol. The van der Waals surface area contributed by atoms with E-state index in [4.69, 9.17) is 0 Å². The zero-order valence-corrected chi connectivity index (χ0v) is 16.1. The number of nitrogens with zero attached hydrogens (tertiary/aromatic N) is 5. The molecule has 4 aromatic rings. The van der Waals surface area contributed by atoms with Gasteiger partial charge in [-0.05, 0) is 57.2 Å². The first kappa shape index (κ1) is 16.2. The number of rotatable bonds is 3. The van der Waals surface area contributed by atoms with E-state index in [2.05, 4.69) is 69.8 Å². The SMILES string of the molecule is Cc1ccc(-n2c(C)nnc2Sc2ncnc3sc(C)c(C)c23)cc1. The Morgan fingerprint density at radius 3 is 2.48 bits per heavy atom. The van der Waals surface area contributed by atoms with E-state index in [1.54, 1.807) is 17.7 Å². The Morgan fingerprint density at radius 1 is 0.960 bits per heavy atom. The molecule has 0 unspecified atom stereocenters. The average molecular weight is 368 g/mol. The summed E-state index contributed by atoms with van der Waals surface area (Å²) in [6.07, 6.45) is 1.62. The number of benzene rings is 1. The van der Waals surface area contributed by atoms with Crippen LogP contribution in [0.4, 0.5) is 0 Å². The Hall–Kier alpha value is -2.25. The van der Waals surface area contributed by atoms with Crippen molar-refractivity contribution in [2.24, 2.45) is 0 Å². The summed E-state index contributed by atoms with van der Waals surface area (Å²) in [7, 11) is 0. The second-order valence-electron chi connectivity index (χ2n) is 5.95. The van der Waals surface area contributed by atoms with Gasteiger partial charge in [0.2, 0.25) is 5.16 Å². The molecule has 0 bridgehead atoms. The summed E-state index contributed by atoms with van der Waals surface area (Å²) in [5.41, 5.74) is 3.52. The van der Waals surface area contributed by atoms with Crippen LogP contribution in [0.2, 0.25) is 0 Å². The van der Waals surface area contributed by atoms with E-state index < -0.39 is 0 Å². The fourth-order valence-electron chi connectivity index (χ4n) is 2.71. The molecule has 0 aliphatic carbocycles. The van der Waals surface area contributed by atoms with Crippen molar-refractivity contribution in [2.75, 3.05) is 0 Å². The van der Waals surface area contributed by atoms with Crippen LogP contribution in [0.5, 0.6) is 0 Å². The van der Waals surface area contributed by atoms with Gasteiger partial charge in [-0.3, -0.25) is 4.57 Å². The maximum atomic E-state index is 4.51. The average Bonchev–Trinajstić information content (AvgIpc) is 3.09. The molecule has 126 valence electrons. The van der Waals surface area contributed by atoms with Crippen molar-refractivity contribution in [3.05, 3.63) is 52.4 Å². The third-order valence-corrected chi connectivity index (χ3v) is 6.27. The fourth-order valence-corrected chi connectivity index (χ4v) is 4.81. The monoisotopic (exact) mass is 367 g/mol. The van der Waals surface area contributed by atoms with E-state index in [-0.39, 0.29) is 0 Å². The molecule has 0 radical (unpaired) electrons. The summed E-state index contributed by atoms with van der Waals surface area (Å²) in [6.45, 7) is 8.29. The van der Waals surface area contributed by atoms with Crippen LogP contribution in [0.25, 0.3) is 15.9 Å². The van der Waals surface area contributed by atoms with Gasteiger partial charge < -0.3 is 0 Å². The normalized spacial score (nSPS) is 11.4. The number of aromatic nitrogens is 5. The Morgan fingerprint density at radius 2 is 1.72 bits per heavy atom. The minimum Gasteiger partial charge on any atom is -0.274 e. The van der Waals surface area contributed by atoms with Gasteiger partial charge in [-0.15, -0.1) is 21.5 Å². The second-order valence-corrected chi connectivity index (χ2v) is 8.10. The van der Waals surface area contributed by atoms with Crippen molar-refractivity contribution in [1.82, 2.24) is 24.7 Å². The van der Waals surface area contributed by atoms with E-state index in [9.17, 15) is 0 Å². The Kier molecular flexibility index (Phi) is 4.05. The van der Waals surface area contributed by atoms with Crippen molar-refractivity contribution in [1.29, 1.82) is 0 Å². The van der Waals surface area contributed by atoms with Crippen LogP contribution in [0.1, 0.15) is 21.8 Å². The van der Waals surface area contributed by atoms with Gasteiger partial charge in [-0.25, -0.2) is 9.97 Å². The molecule has 0 N–H and O–H groups in total.